The zero-order valence-corrected chi connectivity index (χ0v) is 11.3. The van der Waals surface area contributed by atoms with E-state index in [0.29, 0.717) is 12.2 Å². The molecule has 0 aliphatic heterocycles. The highest BCUT2D eigenvalue weighted by Gasteiger charge is 2.36. The van der Waals surface area contributed by atoms with Crippen LogP contribution < -0.4 is 22.1 Å². The fourth-order valence-electron chi connectivity index (χ4n) is 2.44. The molecule has 108 valence electrons. The predicted octanol–water partition coefficient (Wildman–Crippen LogP) is 1.06. The molecular weight excluding hydrogens is 256 g/mol. The van der Waals surface area contributed by atoms with Crippen LogP contribution in [0.1, 0.15) is 31.2 Å². The molecule has 6 nitrogen and oxygen atoms in total. The minimum atomic E-state index is -0.701. The van der Waals surface area contributed by atoms with Gasteiger partial charge in [0.25, 0.3) is 0 Å². The number of carbonyl (C=O) groups is 2. The van der Waals surface area contributed by atoms with Crippen LogP contribution in [-0.4, -0.2) is 17.5 Å². The normalized spacial score (nSPS) is 16.6. The van der Waals surface area contributed by atoms with Crippen molar-refractivity contribution in [3.8, 4) is 0 Å². The molecule has 3 amide bonds. The fraction of sp³-hybridized carbons (Fsp3) is 0.429. The summed E-state index contributed by atoms with van der Waals surface area (Å²) in [5, 5.41) is 5.34. The lowest BCUT2D eigenvalue weighted by Gasteiger charge is -2.22. The van der Waals surface area contributed by atoms with Gasteiger partial charge in [-0.05, 0) is 30.5 Å². The average Bonchev–Trinajstić information content (AvgIpc) is 2.85. The summed E-state index contributed by atoms with van der Waals surface area (Å²) in [6.07, 6.45) is 3.52. The first-order valence-electron chi connectivity index (χ1n) is 6.72. The third-order valence-corrected chi connectivity index (χ3v) is 3.62. The largest absolute Gasteiger partial charge is 0.351 e. The molecule has 0 heterocycles. The molecule has 2 rings (SSSR count). The summed E-state index contributed by atoms with van der Waals surface area (Å²) in [7, 11) is 0. The maximum Gasteiger partial charge on any atom is 0.316 e. The van der Waals surface area contributed by atoms with Gasteiger partial charge in [-0.3, -0.25) is 4.79 Å². The summed E-state index contributed by atoms with van der Waals surface area (Å²) in [4.78, 5) is 22.7. The van der Waals surface area contributed by atoms with Crippen LogP contribution in [-0.2, 0) is 11.3 Å². The van der Waals surface area contributed by atoms with Crippen LogP contribution in [0, 0.1) is 0 Å². The van der Waals surface area contributed by atoms with Crippen molar-refractivity contribution in [2.45, 2.75) is 37.8 Å². The van der Waals surface area contributed by atoms with Crippen LogP contribution in [0.4, 0.5) is 10.5 Å². The van der Waals surface area contributed by atoms with Crippen molar-refractivity contribution in [3.63, 3.8) is 0 Å². The number of anilines is 1. The number of hydrogen-bond acceptors (Lipinski definition) is 3. The molecule has 0 atom stereocenters. The quantitative estimate of drug-likeness (QED) is 0.660. The Hall–Kier alpha value is -2.08. The van der Waals surface area contributed by atoms with Gasteiger partial charge in [0.15, 0.2) is 0 Å². The number of primary amides is 1. The second kappa shape index (κ2) is 5.92. The molecule has 0 aromatic heterocycles. The summed E-state index contributed by atoms with van der Waals surface area (Å²) in [5.74, 6) is -0.0886. The first kappa shape index (κ1) is 14.3. The third kappa shape index (κ3) is 3.48. The van der Waals surface area contributed by atoms with Crippen LogP contribution in [0.2, 0.25) is 0 Å². The van der Waals surface area contributed by atoms with E-state index in [2.05, 4.69) is 10.6 Å². The van der Waals surface area contributed by atoms with Gasteiger partial charge in [-0.1, -0.05) is 25.0 Å². The molecular formula is C14H20N4O2. The molecule has 1 aromatic rings. The van der Waals surface area contributed by atoms with Crippen molar-refractivity contribution in [1.29, 1.82) is 0 Å². The van der Waals surface area contributed by atoms with Gasteiger partial charge in [-0.15, -0.1) is 0 Å². The lowest BCUT2D eigenvalue weighted by Crippen LogP contribution is -2.51. The number of rotatable bonds is 4. The van der Waals surface area contributed by atoms with E-state index >= 15 is 0 Å². The molecule has 6 N–H and O–H groups in total. The number of amides is 3. The average molecular weight is 276 g/mol. The number of nitrogens with one attached hydrogen (secondary N) is 2. The van der Waals surface area contributed by atoms with Gasteiger partial charge < -0.3 is 22.1 Å². The Kier molecular flexibility index (Phi) is 4.24. The van der Waals surface area contributed by atoms with Crippen molar-refractivity contribution in [2.24, 2.45) is 11.5 Å². The second-order valence-electron chi connectivity index (χ2n) is 5.23. The molecule has 1 aliphatic carbocycles. The van der Waals surface area contributed by atoms with Gasteiger partial charge in [-0.25, -0.2) is 4.79 Å². The van der Waals surface area contributed by atoms with Crippen molar-refractivity contribution < 1.29 is 9.59 Å². The van der Waals surface area contributed by atoms with Gasteiger partial charge in [-0.2, -0.15) is 0 Å². The number of carbonyl (C=O) groups excluding carboxylic acids is 2. The molecule has 0 bridgehead atoms. The lowest BCUT2D eigenvalue weighted by atomic mass is 9.98. The summed E-state index contributed by atoms with van der Waals surface area (Å²) in [5.41, 5.74) is 12.0. The zero-order valence-electron chi connectivity index (χ0n) is 11.3. The standard InChI is InChI=1S/C14H20N4O2/c15-13(20)18-11-5-3-10(4-6-11)9-17-12(19)14(16)7-1-2-8-14/h3-6H,1-2,7-9,16H2,(H,17,19)(H3,15,18,20). The minimum Gasteiger partial charge on any atom is -0.351 e. The summed E-state index contributed by atoms with van der Waals surface area (Å²) in [6.45, 7) is 0.425. The smallest absolute Gasteiger partial charge is 0.316 e. The lowest BCUT2D eigenvalue weighted by molar-refractivity contribution is -0.126. The van der Waals surface area contributed by atoms with Gasteiger partial charge >= 0.3 is 6.03 Å². The SMILES string of the molecule is NC(=O)Nc1ccc(CNC(=O)C2(N)CCCC2)cc1. The van der Waals surface area contributed by atoms with E-state index < -0.39 is 11.6 Å². The third-order valence-electron chi connectivity index (χ3n) is 3.62. The van der Waals surface area contributed by atoms with Crippen LogP contribution in [0.15, 0.2) is 24.3 Å². The number of benzene rings is 1. The molecule has 6 heteroatoms. The maximum absolute atomic E-state index is 12.0. The van der Waals surface area contributed by atoms with Crippen molar-refractivity contribution in [2.75, 3.05) is 5.32 Å². The monoisotopic (exact) mass is 276 g/mol. The molecule has 20 heavy (non-hydrogen) atoms. The number of hydrogen-bond donors (Lipinski definition) is 4. The van der Waals surface area contributed by atoms with Gasteiger partial charge in [0.2, 0.25) is 5.91 Å². The van der Waals surface area contributed by atoms with Crippen molar-refractivity contribution in [1.82, 2.24) is 5.32 Å². The van der Waals surface area contributed by atoms with E-state index in [9.17, 15) is 9.59 Å². The first-order valence-corrected chi connectivity index (χ1v) is 6.72. The molecule has 1 aliphatic rings. The van der Waals surface area contributed by atoms with Gasteiger partial charge in [0.05, 0.1) is 5.54 Å². The summed E-state index contributed by atoms with van der Waals surface area (Å²) >= 11 is 0. The topological polar surface area (TPSA) is 110 Å². The highest BCUT2D eigenvalue weighted by Crippen LogP contribution is 2.27. The highest BCUT2D eigenvalue weighted by molar-refractivity contribution is 5.88. The van der Waals surface area contributed by atoms with E-state index in [1.54, 1.807) is 12.1 Å². The fourth-order valence-corrected chi connectivity index (χ4v) is 2.44. The Bertz CT molecular complexity index is 492. The van der Waals surface area contributed by atoms with Gasteiger partial charge in [0, 0.05) is 12.2 Å². The molecule has 0 unspecified atom stereocenters. The molecule has 1 aromatic carbocycles. The summed E-state index contributed by atoms with van der Waals surface area (Å²) in [6, 6.07) is 6.52. The Balaban J connectivity index is 1.87. The van der Waals surface area contributed by atoms with E-state index in [4.69, 9.17) is 11.5 Å². The number of urea groups is 1. The van der Waals surface area contributed by atoms with Crippen molar-refractivity contribution >= 4 is 17.6 Å². The molecule has 1 saturated carbocycles. The van der Waals surface area contributed by atoms with E-state index in [0.717, 1.165) is 31.2 Å². The predicted molar refractivity (Wildman–Crippen MR) is 76.9 cm³/mol. The van der Waals surface area contributed by atoms with Crippen LogP contribution in [0.25, 0.3) is 0 Å². The van der Waals surface area contributed by atoms with E-state index in [1.165, 1.54) is 0 Å². The van der Waals surface area contributed by atoms with E-state index in [-0.39, 0.29) is 5.91 Å². The Morgan fingerprint density at radius 3 is 2.30 bits per heavy atom. The zero-order chi connectivity index (χ0) is 14.6. The van der Waals surface area contributed by atoms with Crippen LogP contribution >= 0.6 is 0 Å². The number of nitrogens with two attached hydrogens (primary N) is 2. The summed E-state index contributed by atoms with van der Waals surface area (Å²) < 4.78 is 0. The van der Waals surface area contributed by atoms with E-state index in [1.807, 2.05) is 12.1 Å². The van der Waals surface area contributed by atoms with Crippen LogP contribution in [0.3, 0.4) is 0 Å². The molecule has 0 radical (unpaired) electrons. The molecule has 0 spiro atoms. The van der Waals surface area contributed by atoms with Crippen LogP contribution in [0.5, 0.6) is 0 Å². The highest BCUT2D eigenvalue weighted by atomic mass is 16.2. The Morgan fingerprint density at radius 1 is 1.15 bits per heavy atom. The van der Waals surface area contributed by atoms with Gasteiger partial charge in [0.1, 0.15) is 0 Å². The molecule has 0 saturated heterocycles. The maximum atomic E-state index is 12.0. The second-order valence-corrected chi connectivity index (χ2v) is 5.23. The van der Waals surface area contributed by atoms with Crippen molar-refractivity contribution in [3.05, 3.63) is 29.8 Å². The molecule has 1 fully saturated rings. The Morgan fingerprint density at radius 2 is 1.75 bits per heavy atom. The first-order chi connectivity index (χ1) is 9.49. The minimum absolute atomic E-state index is 0.0886. The Labute approximate surface area is 117 Å².